The van der Waals surface area contributed by atoms with Gasteiger partial charge in [0.2, 0.25) is 5.88 Å². The minimum atomic E-state index is 0.0885. The summed E-state index contributed by atoms with van der Waals surface area (Å²) < 4.78 is 17.5. The van der Waals surface area contributed by atoms with Crippen LogP contribution in [0.1, 0.15) is 75.6 Å². The molecule has 0 bridgehead atoms. The van der Waals surface area contributed by atoms with Crippen molar-refractivity contribution in [2.75, 3.05) is 31.2 Å². The van der Waals surface area contributed by atoms with Crippen LogP contribution < -0.4 is 15.0 Å². The van der Waals surface area contributed by atoms with Gasteiger partial charge in [-0.15, -0.1) is 0 Å². The Balaban J connectivity index is 1.04. The van der Waals surface area contributed by atoms with Crippen LogP contribution in [0.2, 0.25) is 0 Å². The number of ketones is 1. The number of nitrogens with zero attached hydrogens (tertiary/aromatic N) is 4. The van der Waals surface area contributed by atoms with Crippen molar-refractivity contribution in [2.45, 2.75) is 70.4 Å². The first kappa shape index (κ1) is 30.8. The summed E-state index contributed by atoms with van der Waals surface area (Å²) in [4.78, 5) is 29.1. The van der Waals surface area contributed by atoms with Crippen LogP contribution in [-0.4, -0.2) is 54.4 Å². The molecule has 2 unspecified atom stereocenters. The number of oxazole rings is 1. The highest BCUT2D eigenvalue weighted by Crippen LogP contribution is 2.28. The predicted molar refractivity (Wildman–Crippen MR) is 176 cm³/mol. The van der Waals surface area contributed by atoms with E-state index in [-0.39, 0.29) is 17.9 Å². The first-order valence-electron chi connectivity index (χ1n) is 16.2. The van der Waals surface area contributed by atoms with E-state index in [9.17, 15) is 4.79 Å². The van der Waals surface area contributed by atoms with Crippen molar-refractivity contribution in [3.8, 4) is 5.88 Å². The summed E-state index contributed by atoms with van der Waals surface area (Å²) in [6.07, 6.45) is 22.5. The summed E-state index contributed by atoms with van der Waals surface area (Å²) in [5.74, 6) is 1.23. The molecule has 2 aromatic rings. The second kappa shape index (κ2) is 14.7. The molecule has 3 aliphatic heterocycles. The molecule has 236 valence electrons. The number of allylic oxidation sites excluding steroid dienone is 6. The highest BCUT2D eigenvalue weighted by atomic mass is 16.5. The topological polar surface area (TPSA) is 102 Å². The Bertz CT molecular complexity index is 1500. The van der Waals surface area contributed by atoms with Gasteiger partial charge in [-0.3, -0.25) is 9.79 Å². The molecule has 2 atom stereocenters. The maximum atomic E-state index is 13.4. The van der Waals surface area contributed by atoms with Gasteiger partial charge in [0.05, 0.1) is 18.3 Å². The highest BCUT2D eigenvalue weighted by Gasteiger charge is 2.25. The van der Waals surface area contributed by atoms with Crippen LogP contribution in [0.3, 0.4) is 0 Å². The monoisotopic (exact) mass is 609 g/mol. The fourth-order valence-corrected chi connectivity index (χ4v) is 5.89. The first-order valence-corrected chi connectivity index (χ1v) is 16.2. The summed E-state index contributed by atoms with van der Waals surface area (Å²) in [6.45, 7) is 9.48. The molecule has 0 radical (unpaired) electrons. The van der Waals surface area contributed by atoms with Crippen molar-refractivity contribution in [2.24, 2.45) is 10.9 Å². The third kappa shape index (κ3) is 7.89. The molecule has 1 N–H and O–H groups in total. The van der Waals surface area contributed by atoms with Crippen LogP contribution >= 0.6 is 0 Å². The molecule has 0 amide bonds. The Hall–Kier alpha value is -4.24. The zero-order valence-corrected chi connectivity index (χ0v) is 26.1. The van der Waals surface area contributed by atoms with Gasteiger partial charge in [-0.1, -0.05) is 37.3 Å². The smallest absolute Gasteiger partial charge is 0.297 e. The summed E-state index contributed by atoms with van der Waals surface area (Å²) in [5, 5.41) is 3.38. The van der Waals surface area contributed by atoms with Crippen LogP contribution in [0.25, 0.3) is 5.70 Å². The van der Waals surface area contributed by atoms with E-state index in [1.54, 1.807) is 6.26 Å². The number of aliphatic imine (C=N–C) groups is 1. The van der Waals surface area contributed by atoms with Gasteiger partial charge < -0.3 is 24.1 Å². The van der Waals surface area contributed by atoms with Gasteiger partial charge in [-0.2, -0.15) is 4.98 Å². The molecular weight excluding hydrogens is 566 g/mol. The fraction of sp³-hybridized carbons (Fsp3) is 0.444. The van der Waals surface area contributed by atoms with Gasteiger partial charge in [0.1, 0.15) is 18.1 Å². The van der Waals surface area contributed by atoms with Crippen molar-refractivity contribution >= 4 is 23.7 Å². The number of carbonyl (C=O) groups is 1. The molecule has 9 nitrogen and oxygen atoms in total. The first-order chi connectivity index (χ1) is 22.1. The molecule has 45 heavy (non-hydrogen) atoms. The Kier molecular flexibility index (Phi) is 10.0. The zero-order valence-electron chi connectivity index (χ0n) is 26.1. The van der Waals surface area contributed by atoms with E-state index in [0.717, 1.165) is 76.1 Å². The van der Waals surface area contributed by atoms with Crippen LogP contribution in [0.5, 0.6) is 5.88 Å². The van der Waals surface area contributed by atoms with Crippen LogP contribution in [0.4, 0.5) is 6.01 Å². The molecule has 1 aliphatic carbocycles. The normalized spacial score (nSPS) is 22.0. The van der Waals surface area contributed by atoms with Crippen LogP contribution in [0, 0.1) is 5.92 Å². The van der Waals surface area contributed by atoms with E-state index in [1.165, 1.54) is 5.57 Å². The molecule has 2 aromatic heterocycles. The number of hydrogen-bond donors (Lipinski definition) is 1. The maximum absolute atomic E-state index is 13.4. The van der Waals surface area contributed by atoms with E-state index in [2.05, 4.69) is 58.0 Å². The van der Waals surface area contributed by atoms with Crippen molar-refractivity contribution in [3.63, 3.8) is 0 Å². The fourth-order valence-electron chi connectivity index (χ4n) is 5.89. The van der Waals surface area contributed by atoms with Crippen molar-refractivity contribution in [3.05, 3.63) is 89.7 Å². The Labute approximate surface area is 265 Å². The Morgan fingerprint density at radius 2 is 2.11 bits per heavy atom. The van der Waals surface area contributed by atoms with Gasteiger partial charge in [-0.05, 0) is 49.5 Å². The predicted octanol–water partition coefficient (Wildman–Crippen LogP) is 6.69. The lowest BCUT2D eigenvalue weighted by molar-refractivity contribution is -0.115. The largest absolute Gasteiger partial charge is 0.474 e. The molecule has 2 fully saturated rings. The number of pyridine rings is 1. The van der Waals surface area contributed by atoms with Crippen LogP contribution in [0.15, 0.2) is 87.8 Å². The number of rotatable bonds is 13. The number of piperidine rings is 1. The maximum Gasteiger partial charge on any atom is 0.297 e. The minimum Gasteiger partial charge on any atom is -0.474 e. The number of ether oxygens (including phenoxy) is 2. The molecule has 4 aliphatic rings. The van der Waals surface area contributed by atoms with Gasteiger partial charge in [0, 0.05) is 81.0 Å². The average molecular weight is 610 g/mol. The zero-order chi connectivity index (χ0) is 31.0. The number of anilines is 1. The Morgan fingerprint density at radius 1 is 1.24 bits per heavy atom. The van der Waals surface area contributed by atoms with E-state index in [1.807, 2.05) is 30.6 Å². The van der Waals surface area contributed by atoms with Crippen molar-refractivity contribution < 1.29 is 18.7 Å². The van der Waals surface area contributed by atoms with E-state index in [4.69, 9.17) is 18.9 Å². The van der Waals surface area contributed by atoms with E-state index >= 15 is 0 Å². The van der Waals surface area contributed by atoms with Gasteiger partial charge in [0.15, 0.2) is 5.78 Å². The molecule has 0 spiro atoms. The van der Waals surface area contributed by atoms with Gasteiger partial charge >= 0.3 is 0 Å². The SMILES string of the molecule is C=C(NC1=C(C(=O)CC/C=C\C2CCOC2)C=C(CC)CC=C1)c1coc(N2CCC(Oc3ccc(C4CC=N4)cn3)CC2)n1. The van der Waals surface area contributed by atoms with Gasteiger partial charge in [-0.25, -0.2) is 4.98 Å². The molecule has 5 heterocycles. The Morgan fingerprint density at radius 3 is 2.82 bits per heavy atom. The number of Topliss-reactive ketones (excluding diaryl/α,β-unsaturated/α-hetero) is 1. The number of nitrogens with one attached hydrogen (secondary N) is 1. The average Bonchev–Trinajstić information content (AvgIpc) is 3.70. The lowest BCUT2D eigenvalue weighted by atomic mass is 10.00. The minimum absolute atomic E-state index is 0.0885. The van der Waals surface area contributed by atoms with E-state index < -0.39 is 0 Å². The standard InChI is InChI=1S/C36H43N5O4/c1-3-26-8-6-9-32(30(21-26)34(42)10-5-4-7-27-16-20-43-23-27)39-25(2)33-24-44-36(40-33)41-18-14-29(15-19-41)45-35-12-11-28(22-38-35)31-13-17-37-31/h4,6-7,9,11-12,17,21-22,24,27,29,31,39H,2-3,5,8,10,13-16,18-20,23H2,1H3/b7-4-. The molecule has 9 heteroatoms. The number of hydrogen-bond acceptors (Lipinski definition) is 9. The number of carbonyl (C=O) groups excluding carboxylic acids is 1. The summed E-state index contributed by atoms with van der Waals surface area (Å²) in [6, 6.07) is 4.80. The summed E-state index contributed by atoms with van der Waals surface area (Å²) >= 11 is 0. The van der Waals surface area contributed by atoms with Crippen molar-refractivity contribution in [1.82, 2.24) is 15.3 Å². The summed E-state index contributed by atoms with van der Waals surface area (Å²) in [5.41, 5.74) is 4.98. The van der Waals surface area contributed by atoms with Gasteiger partial charge in [0.25, 0.3) is 6.01 Å². The van der Waals surface area contributed by atoms with Crippen LogP contribution in [-0.2, 0) is 9.53 Å². The van der Waals surface area contributed by atoms with E-state index in [0.29, 0.717) is 47.6 Å². The third-order valence-electron chi connectivity index (χ3n) is 8.81. The summed E-state index contributed by atoms with van der Waals surface area (Å²) in [7, 11) is 0. The number of aromatic nitrogens is 2. The molecule has 2 saturated heterocycles. The lowest BCUT2D eigenvalue weighted by Crippen LogP contribution is -2.38. The lowest BCUT2D eigenvalue weighted by Gasteiger charge is -2.30. The molecule has 0 aromatic carbocycles. The second-order valence-electron chi connectivity index (χ2n) is 12.0. The second-order valence-corrected chi connectivity index (χ2v) is 12.0. The molecule has 6 rings (SSSR count). The third-order valence-corrected chi connectivity index (χ3v) is 8.81. The highest BCUT2D eigenvalue weighted by molar-refractivity contribution is 5.99. The molecule has 0 saturated carbocycles. The quantitative estimate of drug-likeness (QED) is 0.251. The molecular formula is C36H43N5O4. The van der Waals surface area contributed by atoms with Crippen molar-refractivity contribution in [1.29, 1.82) is 0 Å².